The molecule has 11 heteroatoms. The lowest BCUT2D eigenvalue weighted by molar-refractivity contribution is -0.385. The number of nitrogens with one attached hydrogen (secondary N) is 1. The van der Waals surface area contributed by atoms with Crippen molar-refractivity contribution in [3.8, 4) is 5.75 Å². The van der Waals surface area contributed by atoms with Crippen molar-refractivity contribution in [2.45, 2.75) is 6.18 Å². The number of hydrogen-bond acceptors (Lipinski definition) is 4. The van der Waals surface area contributed by atoms with Crippen molar-refractivity contribution in [3.63, 3.8) is 0 Å². The fourth-order valence-corrected chi connectivity index (χ4v) is 1.91. The van der Waals surface area contributed by atoms with Crippen LogP contribution in [0.4, 0.5) is 33.3 Å². The molecule has 26 heavy (non-hydrogen) atoms. The Kier molecular flexibility index (Phi) is 5.38. The highest BCUT2D eigenvalue weighted by Crippen LogP contribution is 2.37. The first-order valence-electron chi connectivity index (χ1n) is 6.81. The van der Waals surface area contributed by atoms with E-state index in [9.17, 15) is 36.9 Å². The maximum atomic E-state index is 13.4. The van der Waals surface area contributed by atoms with E-state index in [2.05, 4.69) is 0 Å². The van der Waals surface area contributed by atoms with Gasteiger partial charge in [-0.1, -0.05) is 0 Å². The van der Waals surface area contributed by atoms with E-state index >= 15 is 0 Å². The van der Waals surface area contributed by atoms with Gasteiger partial charge in [0.1, 0.15) is 5.82 Å². The van der Waals surface area contributed by atoms with Gasteiger partial charge in [-0.05, 0) is 18.2 Å². The van der Waals surface area contributed by atoms with Crippen molar-refractivity contribution in [1.29, 1.82) is 0 Å². The zero-order valence-electron chi connectivity index (χ0n) is 12.6. The molecule has 0 aliphatic rings. The van der Waals surface area contributed by atoms with Gasteiger partial charge in [-0.2, -0.15) is 13.2 Å². The third-order valence-electron chi connectivity index (χ3n) is 3.05. The molecule has 1 amide bonds. The number of rotatable bonds is 5. The number of ether oxygens (including phenoxy) is 1. The van der Waals surface area contributed by atoms with Crippen molar-refractivity contribution in [2.75, 3.05) is 11.9 Å². The van der Waals surface area contributed by atoms with Gasteiger partial charge in [-0.25, -0.2) is 8.78 Å². The molecule has 0 radical (unpaired) electrons. The summed E-state index contributed by atoms with van der Waals surface area (Å²) in [5.74, 6) is -3.52. The van der Waals surface area contributed by atoms with Gasteiger partial charge in [0.05, 0.1) is 16.2 Å². The number of benzene rings is 2. The number of non-ortho nitro benzene ring substituents is 1. The van der Waals surface area contributed by atoms with Crippen LogP contribution in [-0.4, -0.2) is 17.4 Å². The lowest BCUT2D eigenvalue weighted by atomic mass is 10.1. The summed E-state index contributed by atoms with van der Waals surface area (Å²) in [5.41, 5.74) is -2.95. The van der Waals surface area contributed by atoms with Crippen LogP contribution in [-0.2, 0) is 11.0 Å². The molecule has 0 aromatic heterocycles. The van der Waals surface area contributed by atoms with Crippen LogP contribution in [0.15, 0.2) is 36.4 Å². The minimum absolute atomic E-state index is 0.274. The van der Waals surface area contributed by atoms with E-state index in [1.165, 1.54) is 0 Å². The van der Waals surface area contributed by atoms with Crippen LogP contribution in [0.1, 0.15) is 5.56 Å². The molecule has 0 atom stereocenters. The van der Waals surface area contributed by atoms with Crippen LogP contribution in [0.2, 0.25) is 0 Å². The first kappa shape index (κ1) is 19.1. The topological polar surface area (TPSA) is 81.5 Å². The molecule has 2 rings (SSSR count). The number of anilines is 1. The number of hydrogen-bond donors (Lipinski definition) is 1. The molecule has 138 valence electrons. The molecule has 2 aromatic rings. The van der Waals surface area contributed by atoms with E-state index in [-0.39, 0.29) is 6.07 Å². The molecular formula is C15H9F5N2O4. The highest BCUT2D eigenvalue weighted by atomic mass is 19.4. The largest absolute Gasteiger partial charge is 0.481 e. The zero-order valence-corrected chi connectivity index (χ0v) is 12.6. The highest BCUT2D eigenvalue weighted by molar-refractivity contribution is 5.93. The van der Waals surface area contributed by atoms with Crippen molar-refractivity contribution >= 4 is 17.3 Å². The fraction of sp³-hybridized carbons (Fsp3) is 0.133. The summed E-state index contributed by atoms with van der Waals surface area (Å²) in [4.78, 5) is 21.3. The predicted octanol–water partition coefficient (Wildman–Crippen LogP) is 3.91. The second kappa shape index (κ2) is 7.33. The van der Waals surface area contributed by atoms with Gasteiger partial charge in [0.25, 0.3) is 11.6 Å². The first-order chi connectivity index (χ1) is 12.1. The number of halogens is 5. The molecule has 0 saturated heterocycles. The highest BCUT2D eigenvalue weighted by Gasteiger charge is 2.35. The van der Waals surface area contributed by atoms with Gasteiger partial charge in [0, 0.05) is 18.2 Å². The quantitative estimate of drug-likeness (QED) is 0.487. The first-order valence-corrected chi connectivity index (χ1v) is 6.81. The molecule has 0 saturated carbocycles. The van der Waals surface area contributed by atoms with Crippen molar-refractivity contribution in [3.05, 3.63) is 63.7 Å². The third-order valence-corrected chi connectivity index (χ3v) is 3.05. The molecular weight excluding hydrogens is 367 g/mol. The molecule has 6 nitrogen and oxygen atoms in total. The third kappa shape index (κ3) is 4.65. The molecule has 0 spiro atoms. The second-order valence-electron chi connectivity index (χ2n) is 4.90. The molecule has 0 unspecified atom stereocenters. The van der Waals surface area contributed by atoms with Gasteiger partial charge < -0.3 is 10.1 Å². The number of nitrogens with zero attached hydrogens (tertiary/aromatic N) is 1. The number of amides is 1. The monoisotopic (exact) mass is 376 g/mol. The average Bonchev–Trinajstić information content (AvgIpc) is 2.53. The number of nitro benzene ring substituents is 1. The minimum Gasteiger partial charge on any atom is -0.481 e. The van der Waals surface area contributed by atoms with Crippen molar-refractivity contribution in [2.24, 2.45) is 0 Å². The van der Waals surface area contributed by atoms with Crippen LogP contribution in [0.3, 0.4) is 0 Å². The lowest BCUT2D eigenvalue weighted by Gasteiger charge is -2.14. The van der Waals surface area contributed by atoms with E-state index in [4.69, 9.17) is 4.74 Å². The summed E-state index contributed by atoms with van der Waals surface area (Å²) < 4.78 is 69.9. The lowest BCUT2D eigenvalue weighted by Crippen LogP contribution is -2.22. The van der Waals surface area contributed by atoms with E-state index in [1.54, 1.807) is 0 Å². The Labute approximate surface area is 142 Å². The Balaban J connectivity index is 2.14. The van der Waals surface area contributed by atoms with Crippen molar-refractivity contribution in [1.82, 2.24) is 0 Å². The van der Waals surface area contributed by atoms with Crippen LogP contribution in [0.5, 0.6) is 5.75 Å². The number of nitro groups is 1. The molecule has 0 aliphatic carbocycles. The van der Waals surface area contributed by atoms with E-state index in [0.29, 0.717) is 6.07 Å². The standard InChI is InChI=1S/C15H9F5N2O4/c16-8-1-4-13(11(17)5-8)26-7-14(23)21-12-3-2-9(22(24)25)6-10(12)15(18,19)20/h1-6H,7H2,(H,21,23). The summed E-state index contributed by atoms with van der Waals surface area (Å²) in [6.07, 6.45) is -4.96. The molecule has 0 aliphatic heterocycles. The summed E-state index contributed by atoms with van der Waals surface area (Å²) in [6.45, 7) is -0.864. The summed E-state index contributed by atoms with van der Waals surface area (Å²) in [5, 5.41) is 12.5. The molecule has 0 fully saturated rings. The maximum Gasteiger partial charge on any atom is 0.418 e. The fourth-order valence-electron chi connectivity index (χ4n) is 1.91. The van der Waals surface area contributed by atoms with Gasteiger partial charge in [-0.15, -0.1) is 0 Å². The zero-order chi connectivity index (χ0) is 19.5. The molecule has 0 bridgehead atoms. The average molecular weight is 376 g/mol. The number of alkyl halides is 3. The van der Waals surface area contributed by atoms with E-state index in [0.717, 1.165) is 24.3 Å². The number of carbonyl (C=O) groups excluding carboxylic acids is 1. The minimum atomic E-state index is -4.96. The second-order valence-corrected chi connectivity index (χ2v) is 4.90. The van der Waals surface area contributed by atoms with Crippen LogP contribution in [0, 0.1) is 21.7 Å². The Hall–Kier alpha value is -3.24. The van der Waals surface area contributed by atoms with Crippen LogP contribution >= 0.6 is 0 Å². The number of carbonyl (C=O) groups is 1. The molecule has 0 heterocycles. The Bertz CT molecular complexity index is 854. The van der Waals surface area contributed by atoms with Crippen molar-refractivity contribution < 1.29 is 36.4 Å². The molecule has 2 aromatic carbocycles. The normalized spacial score (nSPS) is 11.1. The Morgan fingerprint density at radius 1 is 1.15 bits per heavy atom. The van der Waals surface area contributed by atoms with Gasteiger partial charge >= 0.3 is 6.18 Å². The predicted molar refractivity (Wildman–Crippen MR) is 78.6 cm³/mol. The smallest absolute Gasteiger partial charge is 0.418 e. The molecule has 1 N–H and O–H groups in total. The van der Waals surface area contributed by atoms with Gasteiger partial charge in [-0.3, -0.25) is 14.9 Å². The SMILES string of the molecule is O=C(COc1ccc(F)cc1F)Nc1ccc([N+](=O)[O-])cc1C(F)(F)F. The van der Waals surface area contributed by atoms with E-state index < -0.39 is 57.9 Å². The summed E-state index contributed by atoms with van der Waals surface area (Å²) in [6, 6.07) is 4.06. The Morgan fingerprint density at radius 2 is 1.85 bits per heavy atom. The van der Waals surface area contributed by atoms with Crippen LogP contribution < -0.4 is 10.1 Å². The van der Waals surface area contributed by atoms with Gasteiger partial charge in [0.15, 0.2) is 18.2 Å². The van der Waals surface area contributed by atoms with Crippen LogP contribution in [0.25, 0.3) is 0 Å². The van der Waals surface area contributed by atoms with E-state index in [1.807, 2.05) is 5.32 Å². The maximum absolute atomic E-state index is 13.4. The summed E-state index contributed by atoms with van der Waals surface area (Å²) >= 11 is 0. The Morgan fingerprint density at radius 3 is 2.42 bits per heavy atom. The summed E-state index contributed by atoms with van der Waals surface area (Å²) in [7, 11) is 0. The van der Waals surface area contributed by atoms with Gasteiger partial charge in [0.2, 0.25) is 0 Å².